The van der Waals surface area contributed by atoms with Crippen molar-refractivity contribution in [2.75, 3.05) is 13.2 Å². The summed E-state index contributed by atoms with van der Waals surface area (Å²) in [7, 11) is 0. The number of carbonyl (C=O) groups is 3. The van der Waals surface area contributed by atoms with Gasteiger partial charge in [0.1, 0.15) is 18.1 Å². The number of aryl methyl sites for hydroxylation is 1. The normalized spacial score (nSPS) is 14.8. The standard InChI is InChI=1S/C24H19NO6S/c1-16-4-8-18(9-5-16)29-14-12-25-22(26)21(32-24(25)28)15-17-6-10-19(11-7-17)31-23(27)20-3-2-13-30-20/h2-11,13,15H,12,14H2,1H3/b21-15-. The van der Waals surface area contributed by atoms with Crippen LogP contribution in [0.5, 0.6) is 11.5 Å². The Morgan fingerprint density at radius 3 is 2.44 bits per heavy atom. The van der Waals surface area contributed by atoms with Crippen molar-refractivity contribution in [1.29, 1.82) is 0 Å². The average molecular weight is 449 g/mol. The number of hydrogen-bond donors (Lipinski definition) is 0. The van der Waals surface area contributed by atoms with E-state index in [1.807, 2.05) is 31.2 Å². The molecule has 0 N–H and O–H groups in total. The van der Waals surface area contributed by atoms with Gasteiger partial charge in [-0.2, -0.15) is 0 Å². The minimum Gasteiger partial charge on any atom is -0.492 e. The van der Waals surface area contributed by atoms with E-state index >= 15 is 0 Å². The topological polar surface area (TPSA) is 86.0 Å². The molecule has 8 heteroatoms. The lowest BCUT2D eigenvalue weighted by Gasteiger charge is -2.13. The molecule has 0 radical (unpaired) electrons. The summed E-state index contributed by atoms with van der Waals surface area (Å²) in [5, 5.41) is -0.335. The summed E-state index contributed by atoms with van der Waals surface area (Å²) in [6.45, 7) is 2.36. The smallest absolute Gasteiger partial charge is 0.379 e. The third kappa shape index (κ3) is 5.09. The van der Waals surface area contributed by atoms with Gasteiger partial charge < -0.3 is 13.9 Å². The third-order valence-electron chi connectivity index (χ3n) is 4.59. The number of thioether (sulfide) groups is 1. The molecule has 32 heavy (non-hydrogen) atoms. The van der Waals surface area contributed by atoms with Crippen molar-refractivity contribution in [2.24, 2.45) is 0 Å². The van der Waals surface area contributed by atoms with Crippen LogP contribution in [-0.2, 0) is 4.79 Å². The molecule has 1 aliphatic rings. The van der Waals surface area contributed by atoms with Gasteiger partial charge in [0.2, 0.25) is 5.76 Å². The first-order valence-electron chi connectivity index (χ1n) is 9.80. The molecule has 0 atom stereocenters. The number of nitrogens with zero attached hydrogens (tertiary/aromatic N) is 1. The van der Waals surface area contributed by atoms with Gasteiger partial charge in [-0.15, -0.1) is 0 Å². The molecule has 2 aromatic carbocycles. The molecule has 0 bridgehead atoms. The number of rotatable bonds is 7. The van der Waals surface area contributed by atoms with Crippen LogP contribution in [0.4, 0.5) is 4.79 Å². The molecule has 0 unspecified atom stereocenters. The van der Waals surface area contributed by atoms with E-state index in [9.17, 15) is 14.4 Å². The minimum atomic E-state index is -0.600. The maximum atomic E-state index is 12.6. The Morgan fingerprint density at radius 2 is 1.75 bits per heavy atom. The van der Waals surface area contributed by atoms with Crippen LogP contribution in [-0.4, -0.2) is 35.2 Å². The predicted molar refractivity (Wildman–Crippen MR) is 119 cm³/mol. The number of ether oxygens (including phenoxy) is 2. The van der Waals surface area contributed by atoms with Crippen LogP contribution < -0.4 is 9.47 Å². The molecule has 3 aromatic rings. The van der Waals surface area contributed by atoms with E-state index in [0.717, 1.165) is 17.3 Å². The maximum absolute atomic E-state index is 12.6. The quantitative estimate of drug-likeness (QED) is 0.287. The Morgan fingerprint density at radius 1 is 1.03 bits per heavy atom. The van der Waals surface area contributed by atoms with Gasteiger partial charge >= 0.3 is 5.97 Å². The molecule has 1 fully saturated rings. The summed E-state index contributed by atoms with van der Waals surface area (Å²) in [6, 6.07) is 17.3. The van der Waals surface area contributed by atoms with Crippen LogP contribution in [0.15, 0.2) is 76.2 Å². The van der Waals surface area contributed by atoms with Crippen LogP contribution in [0, 0.1) is 6.92 Å². The molecule has 0 spiro atoms. The predicted octanol–water partition coefficient (Wildman–Crippen LogP) is 4.92. The lowest BCUT2D eigenvalue weighted by Crippen LogP contribution is -2.32. The number of carbonyl (C=O) groups excluding carboxylic acids is 3. The first kappa shape index (κ1) is 21.5. The fourth-order valence-electron chi connectivity index (χ4n) is 2.92. The maximum Gasteiger partial charge on any atom is 0.379 e. The van der Waals surface area contributed by atoms with Crippen molar-refractivity contribution in [3.63, 3.8) is 0 Å². The summed E-state index contributed by atoms with van der Waals surface area (Å²) < 4.78 is 15.8. The number of imide groups is 1. The highest BCUT2D eigenvalue weighted by Gasteiger charge is 2.34. The molecule has 2 amide bonds. The minimum absolute atomic E-state index is 0.106. The molecular weight excluding hydrogens is 430 g/mol. The first-order valence-corrected chi connectivity index (χ1v) is 10.6. The number of benzene rings is 2. The van der Waals surface area contributed by atoms with Gasteiger partial charge in [0.15, 0.2) is 0 Å². The van der Waals surface area contributed by atoms with Crippen LogP contribution in [0.1, 0.15) is 21.7 Å². The second kappa shape index (κ2) is 9.57. The Balaban J connectivity index is 1.34. The number of furan rings is 1. The number of amides is 2. The average Bonchev–Trinajstić information content (AvgIpc) is 3.41. The molecule has 1 aliphatic heterocycles. The molecule has 1 aromatic heterocycles. The van der Waals surface area contributed by atoms with E-state index in [-0.39, 0.29) is 30.1 Å². The van der Waals surface area contributed by atoms with E-state index in [4.69, 9.17) is 13.9 Å². The van der Waals surface area contributed by atoms with Gasteiger partial charge in [0.25, 0.3) is 11.1 Å². The molecule has 0 saturated carbocycles. The lowest BCUT2D eigenvalue weighted by molar-refractivity contribution is -0.123. The van der Waals surface area contributed by atoms with E-state index in [0.29, 0.717) is 22.0 Å². The Bertz CT molecular complexity index is 1150. The van der Waals surface area contributed by atoms with Crippen LogP contribution in [0.25, 0.3) is 6.08 Å². The SMILES string of the molecule is Cc1ccc(OCCN2C(=O)S/C(=C\c3ccc(OC(=O)c4ccco4)cc3)C2=O)cc1. The highest BCUT2D eigenvalue weighted by Crippen LogP contribution is 2.32. The Hall–Kier alpha value is -3.78. The van der Waals surface area contributed by atoms with Gasteiger partial charge in [0.05, 0.1) is 17.7 Å². The second-order valence-corrected chi connectivity index (χ2v) is 7.92. The lowest BCUT2D eigenvalue weighted by atomic mass is 10.2. The molecule has 0 aliphatic carbocycles. The summed E-state index contributed by atoms with van der Waals surface area (Å²) in [5.74, 6) is 0.169. The fourth-order valence-corrected chi connectivity index (χ4v) is 3.78. The molecule has 4 rings (SSSR count). The summed E-state index contributed by atoms with van der Waals surface area (Å²) in [6.07, 6.45) is 3.02. The zero-order valence-electron chi connectivity index (χ0n) is 17.1. The molecule has 1 saturated heterocycles. The van der Waals surface area contributed by atoms with E-state index in [1.54, 1.807) is 36.4 Å². The Kier molecular flexibility index (Phi) is 6.42. The number of hydrogen-bond acceptors (Lipinski definition) is 7. The van der Waals surface area contributed by atoms with E-state index in [2.05, 4.69) is 0 Å². The first-order chi connectivity index (χ1) is 15.5. The summed E-state index contributed by atoms with van der Waals surface area (Å²) >= 11 is 0.883. The van der Waals surface area contributed by atoms with Gasteiger partial charge in [0, 0.05) is 0 Å². The van der Waals surface area contributed by atoms with Crippen molar-refractivity contribution in [2.45, 2.75) is 6.92 Å². The molecule has 7 nitrogen and oxygen atoms in total. The van der Waals surface area contributed by atoms with Gasteiger partial charge in [-0.25, -0.2) is 4.79 Å². The van der Waals surface area contributed by atoms with E-state index in [1.165, 1.54) is 17.2 Å². The largest absolute Gasteiger partial charge is 0.492 e. The highest BCUT2D eigenvalue weighted by molar-refractivity contribution is 8.18. The Labute approximate surface area is 188 Å². The summed E-state index contributed by atoms with van der Waals surface area (Å²) in [5.41, 5.74) is 1.82. The van der Waals surface area contributed by atoms with Gasteiger partial charge in [-0.1, -0.05) is 29.8 Å². The fraction of sp³-hybridized carbons (Fsp3) is 0.125. The van der Waals surface area contributed by atoms with Crippen LogP contribution in [0.2, 0.25) is 0 Å². The number of esters is 1. The van der Waals surface area contributed by atoms with Crippen LogP contribution >= 0.6 is 11.8 Å². The summed E-state index contributed by atoms with van der Waals surface area (Å²) in [4.78, 5) is 38.3. The molecular formula is C24H19NO6S. The van der Waals surface area contributed by atoms with Crippen LogP contribution in [0.3, 0.4) is 0 Å². The van der Waals surface area contributed by atoms with Crippen molar-refractivity contribution < 1.29 is 28.3 Å². The zero-order chi connectivity index (χ0) is 22.5. The molecule has 162 valence electrons. The molecule has 2 heterocycles. The van der Waals surface area contributed by atoms with Crippen molar-refractivity contribution in [1.82, 2.24) is 4.90 Å². The highest BCUT2D eigenvalue weighted by atomic mass is 32.2. The van der Waals surface area contributed by atoms with Crippen molar-refractivity contribution in [3.8, 4) is 11.5 Å². The van der Waals surface area contributed by atoms with Crippen molar-refractivity contribution in [3.05, 3.63) is 88.7 Å². The monoisotopic (exact) mass is 449 g/mol. The van der Waals surface area contributed by atoms with E-state index < -0.39 is 5.97 Å². The third-order valence-corrected chi connectivity index (χ3v) is 5.50. The van der Waals surface area contributed by atoms with Gasteiger partial charge in [-0.3, -0.25) is 14.5 Å². The van der Waals surface area contributed by atoms with Gasteiger partial charge in [-0.05, 0) is 66.7 Å². The second-order valence-electron chi connectivity index (χ2n) is 6.93. The zero-order valence-corrected chi connectivity index (χ0v) is 18.0. The van der Waals surface area contributed by atoms with Crippen molar-refractivity contribution >= 4 is 35.0 Å².